The molecule has 0 aliphatic heterocycles. The lowest BCUT2D eigenvalue weighted by molar-refractivity contribution is 0.163. The maximum Gasteiger partial charge on any atom is 0.131 e. The smallest absolute Gasteiger partial charge is 0.131 e. The Morgan fingerprint density at radius 1 is 1.33 bits per heavy atom. The van der Waals surface area contributed by atoms with Gasteiger partial charge in [0.1, 0.15) is 5.15 Å². The molecule has 5 heteroatoms. The second-order valence-corrected chi connectivity index (χ2v) is 5.84. The van der Waals surface area contributed by atoms with Gasteiger partial charge in [-0.15, -0.1) is 0 Å². The standard InChI is InChI=1S/C16H22ClN3O/c1-12(21)9-10-19(2)11-14-15(18-20(3)16(14)17)13-7-5-4-6-8-13/h4-8,12,21H,9-11H2,1-3H3. The lowest BCUT2D eigenvalue weighted by Crippen LogP contribution is -2.22. The normalized spacial score (nSPS) is 12.9. The molecule has 0 radical (unpaired) electrons. The van der Waals surface area contributed by atoms with Crippen LogP contribution in [0.4, 0.5) is 0 Å². The van der Waals surface area contributed by atoms with Gasteiger partial charge in [0.2, 0.25) is 0 Å². The van der Waals surface area contributed by atoms with E-state index in [2.05, 4.69) is 10.00 Å². The summed E-state index contributed by atoms with van der Waals surface area (Å²) in [4.78, 5) is 2.15. The van der Waals surface area contributed by atoms with E-state index in [0.29, 0.717) is 11.7 Å². The van der Waals surface area contributed by atoms with Crippen molar-refractivity contribution in [1.82, 2.24) is 14.7 Å². The van der Waals surface area contributed by atoms with Crippen LogP contribution < -0.4 is 0 Å². The number of benzene rings is 1. The monoisotopic (exact) mass is 307 g/mol. The summed E-state index contributed by atoms with van der Waals surface area (Å²) >= 11 is 6.40. The molecule has 1 N–H and O–H groups in total. The van der Waals surface area contributed by atoms with Gasteiger partial charge in [-0.1, -0.05) is 41.9 Å². The molecule has 0 fully saturated rings. The molecule has 1 aromatic heterocycles. The zero-order chi connectivity index (χ0) is 15.4. The van der Waals surface area contributed by atoms with Crippen molar-refractivity contribution in [3.05, 3.63) is 41.0 Å². The average Bonchev–Trinajstić information content (AvgIpc) is 2.74. The molecule has 0 saturated carbocycles. The molecule has 0 bridgehead atoms. The molecule has 114 valence electrons. The summed E-state index contributed by atoms with van der Waals surface area (Å²) < 4.78 is 1.71. The topological polar surface area (TPSA) is 41.3 Å². The van der Waals surface area contributed by atoms with Crippen molar-refractivity contribution in [1.29, 1.82) is 0 Å². The predicted molar refractivity (Wildman–Crippen MR) is 86.3 cm³/mol. The van der Waals surface area contributed by atoms with E-state index in [1.807, 2.05) is 44.4 Å². The Hall–Kier alpha value is -1.36. The largest absolute Gasteiger partial charge is 0.393 e. The van der Waals surface area contributed by atoms with Crippen molar-refractivity contribution in [3.63, 3.8) is 0 Å². The van der Waals surface area contributed by atoms with E-state index in [-0.39, 0.29) is 6.10 Å². The fourth-order valence-corrected chi connectivity index (χ4v) is 2.46. The number of aliphatic hydroxyl groups excluding tert-OH is 1. The Bertz CT molecular complexity index is 581. The maximum absolute atomic E-state index is 9.39. The minimum atomic E-state index is -0.287. The Balaban J connectivity index is 2.23. The van der Waals surface area contributed by atoms with Crippen molar-refractivity contribution in [3.8, 4) is 11.3 Å². The molecule has 21 heavy (non-hydrogen) atoms. The highest BCUT2D eigenvalue weighted by Gasteiger charge is 2.17. The Kier molecular flexibility index (Phi) is 5.39. The van der Waals surface area contributed by atoms with Crippen molar-refractivity contribution in [2.75, 3.05) is 13.6 Å². The molecular formula is C16H22ClN3O. The third-order valence-electron chi connectivity index (χ3n) is 3.47. The first kappa shape index (κ1) is 16.0. The molecule has 1 unspecified atom stereocenters. The molecule has 4 nitrogen and oxygen atoms in total. The van der Waals surface area contributed by atoms with Crippen LogP contribution in [0.1, 0.15) is 18.9 Å². The maximum atomic E-state index is 9.39. The van der Waals surface area contributed by atoms with Crippen LogP contribution in [0.5, 0.6) is 0 Å². The van der Waals surface area contributed by atoms with Crippen LogP contribution in [-0.4, -0.2) is 39.5 Å². The summed E-state index contributed by atoms with van der Waals surface area (Å²) in [7, 11) is 3.88. The van der Waals surface area contributed by atoms with Gasteiger partial charge >= 0.3 is 0 Å². The number of nitrogens with zero attached hydrogens (tertiary/aromatic N) is 3. The van der Waals surface area contributed by atoms with Crippen LogP contribution in [0.2, 0.25) is 5.15 Å². The molecule has 1 atom stereocenters. The summed E-state index contributed by atoms with van der Waals surface area (Å²) in [5.74, 6) is 0. The number of rotatable bonds is 6. The van der Waals surface area contributed by atoms with E-state index in [9.17, 15) is 5.11 Å². The quantitative estimate of drug-likeness (QED) is 0.892. The molecule has 0 saturated heterocycles. The number of aromatic nitrogens is 2. The number of halogens is 1. The lowest BCUT2D eigenvalue weighted by Gasteiger charge is -2.17. The van der Waals surface area contributed by atoms with Gasteiger partial charge in [0.15, 0.2) is 0 Å². The van der Waals surface area contributed by atoms with Crippen LogP contribution in [0.3, 0.4) is 0 Å². The zero-order valence-corrected chi connectivity index (χ0v) is 13.5. The van der Waals surface area contributed by atoms with Gasteiger partial charge in [0.25, 0.3) is 0 Å². The molecule has 1 heterocycles. The van der Waals surface area contributed by atoms with Gasteiger partial charge < -0.3 is 10.0 Å². The molecule has 0 amide bonds. The first-order valence-electron chi connectivity index (χ1n) is 7.12. The second kappa shape index (κ2) is 7.07. The van der Waals surface area contributed by atoms with E-state index in [1.165, 1.54) is 0 Å². The van der Waals surface area contributed by atoms with Crippen molar-refractivity contribution in [2.45, 2.75) is 26.0 Å². The lowest BCUT2D eigenvalue weighted by atomic mass is 10.1. The zero-order valence-electron chi connectivity index (χ0n) is 12.8. The van der Waals surface area contributed by atoms with Crippen LogP contribution in [0.25, 0.3) is 11.3 Å². The van der Waals surface area contributed by atoms with E-state index in [0.717, 1.165) is 29.8 Å². The summed E-state index contributed by atoms with van der Waals surface area (Å²) in [5, 5.41) is 14.6. The third-order valence-corrected chi connectivity index (χ3v) is 3.95. The first-order valence-corrected chi connectivity index (χ1v) is 7.50. The number of aliphatic hydroxyl groups is 1. The van der Waals surface area contributed by atoms with Crippen molar-refractivity contribution >= 4 is 11.6 Å². The number of aryl methyl sites for hydroxylation is 1. The molecule has 2 aromatic rings. The highest BCUT2D eigenvalue weighted by Crippen LogP contribution is 2.29. The summed E-state index contributed by atoms with van der Waals surface area (Å²) in [5.41, 5.74) is 3.02. The number of hydrogen-bond acceptors (Lipinski definition) is 3. The predicted octanol–water partition coefficient (Wildman–Crippen LogP) is 2.94. The SMILES string of the molecule is CC(O)CCN(C)Cc1c(-c2ccccc2)nn(C)c1Cl. The van der Waals surface area contributed by atoms with E-state index in [4.69, 9.17) is 11.6 Å². The second-order valence-electron chi connectivity index (χ2n) is 5.48. The van der Waals surface area contributed by atoms with Gasteiger partial charge in [-0.2, -0.15) is 5.10 Å². The molecule has 0 aliphatic carbocycles. The molecule has 2 rings (SSSR count). The Labute approximate surface area is 131 Å². The molecule has 1 aromatic carbocycles. The average molecular weight is 308 g/mol. The summed E-state index contributed by atoms with van der Waals surface area (Å²) in [6.07, 6.45) is 0.458. The first-order chi connectivity index (χ1) is 9.99. The fourth-order valence-electron chi connectivity index (χ4n) is 2.27. The minimum Gasteiger partial charge on any atom is -0.393 e. The van der Waals surface area contributed by atoms with E-state index >= 15 is 0 Å². The van der Waals surface area contributed by atoms with Crippen LogP contribution in [0, 0.1) is 0 Å². The van der Waals surface area contributed by atoms with Crippen LogP contribution in [-0.2, 0) is 13.6 Å². The van der Waals surface area contributed by atoms with Gasteiger partial charge in [0.05, 0.1) is 11.8 Å². The van der Waals surface area contributed by atoms with Crippen LogP contribution in [0.15, 0.2) is 30.3 Å². The van der Waals surface area contributed by atoms with Gasteiger partial charge in [-0.3, -0.25) is 4.68 Å². The van der Waals surface area contributed by atoms with Gasteiger partial charge in [-0.25, -0.2) is 0 Å². The minimum absolute atomic E-state index is 0.287. The highest BCUT2D eigenvalue weighted by molar-refractivity contribution is 6.30. The Morgan fingerprint density at radius 3 is 2.62 bits per heavy atom. The summed E-state index contributed by atoms with van der Waals surface area (Å²) in [6, 6.07) is 10.1. The molecule has 0 spiro atoms. The highest BCUT2D eigenvalue weighted by atomic mass is 35.5. The summed E-state index contributed by atoms with van der Waals surface area (Å²) in [6.45, 7) is 3.33. The van der Waals surface area contributed by atoms with E-state index < -0.39 is 0 Å². The van der Waals surface area contributed by atoms with Crippen molar-refractivity contribution in [2.24, 2.45) is 7.05 Å². The van der Waals surface area contributed by atoms with Gasteiger partial charge in [0, 0.05) is 31.3 Å². The third kappa shape index (κ3) is 4.06. The number of hydrogen-bond donors (Lipinski definition) is 1. The fraction of sp³-hybridized carbons (Fsp3) is 0.438. The Morgan fingerprint density at radius 2 is 2.00 bits per heavy atom. The van der Waals surface area contributed by atoms with E-state index in [1.54, 1.807) is 11.6 Å². The van der Waals surface area contributed by atoms with Gasteiger partial charge in [-0.05, 0) is 20.4 Å². The molecular weight excluding hydrogens is 286 g/mol. The molecule has 0 aliphatic rings. The van der Waals surface area contributed by atoms with Crippen molar-refractivity contribution < 1.29 is 5.11 Å². The van der Waals surface area contributed by atoms with Crippen LogP contribution >= 0.6 is 11.6 Å².